The minimum atomic E-state index is -0.214. The first-order chi connectivity index (χ1) is 8.46. The van der Waals surface area contributed by atoms with Gasteiger partial charge in [-0.2, -0.15) is 0 Å². The molecule has 3 heteroatoms. The van der Waals surface area contributed by atoms with Crippen molar-refractivity contribution in [2.24, 2.45) is 5.73 Å². The van der Waals surface area contributed by atoms with E-state index in [1.165, 1.54) is 23.4 Å². The molecule has 18 heavy (non-hydrogen) atoms. The minimum absolute atomic E-state index is 0.214. The average Bonchev–Trinajstić information content (AvgIpc) is 2.28. The largest absolute Gasteiger partial charge is 0.372 e. The van der Waals surface area contributed by atoms with Gasteiger partial charge in [-0.3, -0.25) is 0 Å². The van der Waals surface area contributed by atoms with E-state index in [1.807, 2.05) is 13.8 Å². The maximum absolute atomic E-state index is 6.01. The Kier molecular flexibility index (Phi) is 6.03. The Morgan fingerprint density at radius 1 is 1.06 bits per heavy atom. The van der Waals surface area contributed by atoms with E-state index in [2.05, 4.69) is 43.0 Å². The summed E-state index contributed by atoms with van der Waals surface area (Å²) < 4.78 is 0. The summed E-state index contributed by atoms with van der Waals surface area (Å²) in [6, 6.07) is 8.76. The number of rotatable bonds is 7. The minimum Gasteiger partial charge on any atom is -0.372 e. The molecule has 0 aliphatic rings. The van der Waals surface area contributed by atoms with Crippen LogP contribution in [0.5, 0.6) is 0 Å². The van der Waals surface area contributed by atoms with E-state index in [0.29, 0.717) is 0 Å². The van der Waals surface area contributed by atoms with Crippen LogP contribution in [0, 0.1) is 0 Å². The Bertz CT molecular complexity index is 335. The number of benzene rings is 1. The lowest BCUT2D eigenvalue weighted by Gasteiger charge is -2.24. The topological polar surface area (TPSA) is 29.3 Å². The van der Waals surface area contributed by atoms with Gasteiger partial charge < -0.3 is 10.6 Å². The third-order valence-corrected chi connectivity index (χ3v) is 3.60. The number of hydrogen-bond donors (Lipinski definition) is 1. The summed E-state index contributed by atoms with van der Waals surface area (Å²) in [6.07, 6.45) is 2.37. The smallest absolute Gasteiger partial charge is 0.0609 e. The van der Waals surface area contributed by atoms with Crippen molar-refractivity contribution in [3.05, 3.63) is 24.3 Å². The Balaban J connectivity index is 2.73. The van der Waals surface area contributed by atoms with Gasteiger partial charge in [0.05, 0.1) is 4.87 Å². The fourth-order valence-corrected chi connectivity index (χ4v) is 2.82. The van der Waals surface area contributed by atoms with Gasteiger partial charge in [0, 0.05) is 23.7 Å². The highest BCUT2D eigenvalue weighted by Gasteiger charge is 2.12. The molecule has 2 nitrogen and oxygen atoms in total. The first-order valence-corrected chi connectivity index (χ1v) is 7.61. The summed E-state index contributed by atoms with van der Waals surface area (Å²) in [7, 11) is 0. The van der Waals surface area contributed by atoms with Gasteiger partial charge in [-0.05, 0) is 51.0 Å². The van der Waals surface area contributed by atoms with E-state index in [-0.39, 0.29) is 4.87 Å². The second kappa shape index (κ2) is 7.05. The SMILES string of the molecule is CCCN(CCC)c1ccc(SC(C)(C)N)cc1. The van der Waals surface area contributed by atoms with E-state index < -0.39 is 0 Å². The number of nitrogens with two attached hydrogens (primary N) is 1. The van der Waals surface area contributed by atoms with Gasteiger partial charge in [-0.15, -0.1) is 11.8 Å². The van der Waals surface area contributed by atoms with Crippen molar-refractivity contribution in [1.82, 2.24) is 0 Å². The quantitative estimate of drug-likeness (QED) is 0.595. The average molecular weight is 266 g/mol. The molecule has 0 aliphatic carbocycles. The lowest BCUT2D eigenvalue weighted by molar-refractivity contribution is 0.744. The standard InChI is InChI=1S/C15H26N2S/c1-5-11-17(12-6-2)13-7-9-14(10-8-13)18-15(3,4)16/h7-10H,5-6,11-12,16H2,1-4H3. The molecule has 0 aromatic heterocycles. The van der Waals surface area contributed by atoms with Gasteiger partial charge in [0.2, 0.25) is 0 Å². The highest BCUT2D eigenvalue weighted by molar-refractivity contribution is 8.00. The van der Waals surface area contributed by atoms with Crippen LogP contribution in [-0.2, 0) is 0 Å². The third-order valence-electron chi connectivity index (χ3n) is 2.57. The molecular formula is C15H26N2S. The monoisotopic (exact) mass is 266 g/mol. The van der Waals surface area contributed by atoms with E-state index in [1.54, 1.807) is 11.8 Å². The van der Waals surface area contributed by atoms with Gasteiger partial charge >= 0.3 is 0 Å². The molecule has 0 radical (unpaired) electrons. The summed E-state index contributed by atoms with van der Waals surface area (Å²) in [6.45, 7) is 10.8. The number of nitrogens with zero attached hydrogens (tertiary/aromatic N) is 1. The van der Waals surface area contributed by atoms with Crippen LogP contribution >= 0.6 is 11.8 Å². The maximum Gasteiger partial charge on any atom is 0.0609 e. The molecule has 0 heterocycles. The molecule has 0 saturated carbocycles. The fraction of sp³-hybridized carbons (Fsp3) is 0.600. The van der Waals surface area contributed by atoms with Crippen molar-refractivity contribution >= 4 is 17.4 Å². The molecule has 0 saturated heterocycles. The van der Waals surface area contributed by atoms with Crippen LogP contribution in [0.3, 0.4) is 0 Å². The molecule has 2 N–H and O–H groups in total. The van der Waals surface area contributed by atoms with Crippen molar-refractivity contribution in [3.63, 3.8) is 0 Å². The van der Waals surface area contributed by atoms with Gasteiger partial charge in [0.25, 0.3) is 0 Å². The molecule has 0 bridgehead atoms. The molecule has 0 fully saturated rings. The van der Waals surface area contributed by atoms with Gasteiger partial charge in [0.15, 0.2) is 0 Å². The molecule has 0 aliphatic heterocycles. The number of anilines is 1. The summed E-state index contributed by atoms with van der Waals surface area (Å²) >= 11 is 1.71. The zero-order chi connectivity index (χ0) is 13.6. The first kappa shape index (κ1) is 15.4. The van der Waals surface area contributed by atoms with Gasteiger partial charge in [-0.25, -0.2) is 0 Å². The Morgan fingerprint density at radius 2 is 1.56 bits per heavy atom. The van der Waals surface area contributed by atoms with Crippen molar-refractivity contribution in [2.45, 2.75) is 50.3 Å². The number of thioether (sulfide) groups is 1. The van der Waals surface area contributed by atoms with Crippen molar-refractivity contribution in [3.8, 4) is 0 Å². The highest BCUT2D eigenvalue weighted by atomic mass is 32.2. The van der Waals surface area contributed by atoms with Crippen LogP contribution in [0.1, 0.15) is 40.5 Å². The predicted molar refractivity (Wildman–Crippen MR) is 83.4 cm³/mol. The van der Waals surface area contributed by atoms with Crippen LogP contribution in [0.15, 0.2) is 29.2 Å². The molecule has 1 aromatic rings. The maximum atomic E-state index is 6.01. The zero-order valence-corrected chi connectivity index (χ0v) is 12.9. The highest BCUT2D eigenvalue weighted by Crippen LogP contribution is 2.29. The third kappa shape index (κ3) is 5.32. The van der Waals surface area contributed by atoms with Crippen molar-refractivity contribution < 1.29 is 0 Å². The zero-order valence-electron chi connectivity index (χ0n) is 12.1. The second-order valence-electron chi connectivity index (χ2n) is 5.19. The summed E-state index contributed by atoms with van der Waals surface area (Å²) in [5.41, 5.74) is 7.33. The van der Waals surface area contributed by atoms with Crippen molar-refractivity contribution in [1.29, 1.82) is 0 Å². The van der Waals surface area contributed by atoms with Crippen LogP contribution in [-0.4, -0.2) is 18.0 Å². The lowest BCUT2D eigenvalue weighted by atomic mass is 10.2. The predicted octanol–water partition coefficient (Wildman–Crippen LogP) is 4.10. The van der Waals surface area contributed by atoms with Gasteiger partial charge in [-0.1, -0.05) is 13.8 Å². The van der Waals surface area contributed by atoms with E-state index in [4.69, 9.17) is 5.73 Å². The molecule has 0 spiro atoms. The Morgan fingerprint density at radius 3 is 1.94 bits per heavy atom. The van der Waals surface area contributed by atoms with E-state index in [9.17, 15) is 0 Å². The van der Waals surface area contributed by atoms with Crippen LogP contribution in [0.25, 0.3) is 0 Å². The summed E-state index contributed by atoms with van der Waals surface area (Å²) in [5.74, 6) is 0. The molecule has 0 amide bonds. The summed E-state index contributed by atoms with van der Waals surface area (Å²) in [5, 5.41) is 0. The van der Waals surface area contributed by atoms with Crippen LogP contribution in [0.4, 0.5) is 5.69 Å². The summed E-state index contributed by atoms with van der Waals surface area (Å²) in [4.78, 5) is 3.47. The molecule has 1 rings (SSSR count). The molecule has 102 valence electrons. The van der Waals surface area contributed by atoms with Crippen LogP contribution in [0.2, 0.25) is 0 Å². The molecule has 0 atom stereocenters. The van der Waals surface area contributed by atoms with Crippen LogP contribution < -0.4 is 10.6 Å². The molecular weight excluding hydrogens is 240 g/mol. The van der Waals surface area contributed by atoms with E-state index >= 15 is 0 Å². The normalized spacial score (nSPS) is 11.6. The Hall–Kier alpha value is -0.670. The van der Waals surface area contributed by atoms with E-state index in [0.717, 1.165) is 13.1 Å². The molecule has 1 aromatic carbocycles. The second-order valence-corrected chi connectivity index (χ2v) is 6.91. The van der Waals surface area contributed by atoms with Gasteiger partial charge in [0.1, 0.15) is 0 Å². The Labute approximate surface area is 116 Å². The fourth-order valence-electron chi connectivity index (χ4n) is 1.94. The first-order valence-electron chi connectivity index (χ1n) is 6.79. The number of hydrogen-bond acceptors (Lipinski definition) is 3. The molecule has 0 unspecified atom stereocenters. The lowest BCUT2D eigenvalue weighted by Crippen LogP contribution is -2.27. The van der Waals surface area contributed by atoms with Crippen molar-refractivity contribution in [2.75, 3.05) is 18.0 Å².